The molecule has 3 heterocycles. The molecule has 3 aliphatic rings. The second-order valence-electron chi connectivity index (χ2n) is 11.9. The molecule has 41 heavy (non-hydrogen) atoms. The molecule has 3 atom stereocenters. The van der Waals surface area contributed by atoms with Crippen LogP contribution in [0.25, 0.3) is 0 Å². The molecular weight excluding hydrogens is 504 g/mol. The molecule has 3 N–H and O–H groups in total. The Hall–Kier alpha value is -2.99. The summed E-state index contributed by atoms with van der Waals surface area (Å²) in [6.45, 7) is 4.26. The van der Waals surface area contributed by atoms with E-state index in [1.54, 1.807) is 0 Å². The smallest absolute Gasteiger partial charge is 0.220 e. The van der Waals surface area contributed by atoms with Gasteiger partial charge in [-0.1, -0.05) is 97.4 Å². The van der Waals surface area contributed by atoms with Crippen LogP contribution in [0.1, 0.15) is 83.4 Å². The number of carbonyl (C=O) groups is 1. The topological polar surface area (TPSA) is 61.6 Å². The summed E-state index contributed by atoms with van der Waals surface area (Å²) in [7, 11) is 0. The molecule has 0 aromatic heterocycles. The highest BCUT2D eigenvalue weighted by Gasteiger charge is 2.40. The molecule has 3 aromatic carbocycles. The molecule has 2 unspecified atom stereocenters. The maximum atomic E-state index is 11.9. The summed E-state index contributed by atoms with van der Waals surface area (Å²) in [5, 5.41) is 3.25. The van der Waals surface area contributed by atoms with Crippen molar-refractivity contribution < 1.29 is 7.65 Å². The molecule has 0 bridgehead atoms. The molecule has 3 saturated heterocycles. The monoisotopic (exact) mass is 556 g/mol. The molecule has 3 aliphatic heterocycles. The van der Waals surface area contributed by atoms with Crippen molar-refractivity contribution in [2.75, 3.05) is 19.6 Å². The highest BCUT2D eigenvalue weighted by molar-refractivity contribution is 5.76. The lowest BCUT2D eigenvalue weighted by Crippen LogP contribution is -2.44. The summed E-state index contributed by atoms with van der Waals surface area (Å²) in [4.78, 5) is 17.2. The minimum atomic E-state index is 0. The fourth-order valence-corrected chi connectivity index (χ4v) is 7.10. The van der Waals surface area contributed by atoms with Crippen LogP contribution in [0.3, 0.4) is 0 Å². The molecule has 222 valence electrons. The number of nitrogens with zero attached hydrogens (tertiary/aromatic N) is 2. The first kappa shape index (κ1) is 29.5. The Morgan fingerprint density at radius 1 is 0.805 bits per heavy atom. The molecule has 5 heteroatoms. The Morgan fingerprint density at radius 2 is 1.46 bits per heavy atom. The van der Waals surface area contributed by atoms with Crippen molar-refractivity contribution in [2.45, 2.75) is 88.5 Å². The largest absolute Gasteiger partial charge is 0.352 e. The van der Waals surface area contributed by atoms with Gasteiger partial charge in [0, 0.05) is 40.5 Å². The minimum Gasteiger partial charge on any atom is -0.352 e. The molecular formula is C36H52N4O. The molecule has 3 aromatic rings. The fourth-order valence-electron chi connectivity index (χ4n) is 7.10. The van der Waals surface area contributed by atoms with Gasteiger partial charge in [-0.3, -0.25) is 14.6 Å². The van der Waals surface area contributed by atoms with Gasteiger partial charge in [0.05, 0.1) is 6.04 Å². The summed E-state index contributed by atoms with van der Waals surface area (Å²) in [6.07, 6.45) is 10.3. The van der Waals surface area contributed by atoms with Crippen LogP contribution in [0.5, 0.6) is 0 Å². The second kappa shape index (κ2) is 15.3. The van der Waals surface area contributed by atoms with Crippen molar-refractivity contribution in [1.29, 1.82) is 0 Å². The average molecular weight is 557 g/mol. The number of amides is 1. The van der Waals surface area contributed by atoms with E-state index in [-0.39, 0.29) is 14.8 Å². The highest BCUT2D eigenvalue weighted by atomic mass is 16.1. The predicted octanol–water partition coefficient (Wildman–Crippen LogP) is 6.79. The van der Waals surface area contributed by atoms with E-state index in [0.717, 1.165) is 44.9 Å². The summed E-state index contributed by atoms with van der Waals surface area (Å²) in [5.74, 6) is 0.223. The number of carbonyl (C=O) groups excluding carboxylic acids is 1. The minimum absolute atomic E-state index is 0. The number of benzene rings is 3. The van der Waals surface area contributed by atoms with Crippen LogP contribution >= 0.6 is 0 Å². The lowest BCUT2D eigenvalue weighted by atomic mass is 9.95. The number of unbranched alkanes of at least 4 members (excludes halogenated alkanes) is 1. The molecule has 0 saturated carbocycles. The lowest BCUT2D eigenvalue weighted by Gasteiger charge is -2.35. The van der Waals surface area contributed by atoms with Crippen molar-refractivity contribution in [2.24, 2.45) is 5.73 Å². The quantitative estimate of drug-likeness (QED) is 0.285. The fraction of sp³-hybridized carbons (Fsp3) is 0.472. The zero-order valence-electron chi connectivity index (χ0n) is 24.5. The molecule has 0 spiro atoms. The normalized spacial score (nSPS) is 23.0. The summed E-state index contributed by atoms with van der Waals surface area (Å²) in [6, 6.07) is 34.1. The van der Waals surface area contributed by atoms with E-state index in [1.807, 2.05) is 0 Å². The van der Waals surface area contributed by atoms with Gasteiger partial charge in [-0.05, 0) is 74.7 Å². The average Bonchev–Trinajstić information content (AvgIpc) is 3.56. The third-order valence-corrected chi connectivity index (χ3v) is 9.12. The lowest BCUT2D eigenvalue weighted by molar-refractivity contribution is -0.121. The molecule has 5 nitrogen and oxygen atoms in total. The van der Waals surface area contributed by atoms with E-state index in [1.165, 1.54) is 55.3 Å². The van der Waals surface area contributed by atoms with Crippen LogP contribution in [0.4, 0.5) is 0 Å². The Balaban J connectivity index is 0.000000238. The second-order valence-corrected chi connectivity index (χ2v) is 11.9. The van der Waals surface area contributed by atoms with Crippen LogP contribution < -0.4 is 11.1 Å². The van der Waals surface area contributed by atoms with Crippen molar-refractivity contribution >= 4 is 5.91 Å². The van der Waals surface area contributed by atoms with E-state index in [9.17, 15) is 4.79 Å². The number of fused-ring (bicyclic) bond motifs is 1. The predicted molar refractivity (Wildman–Crippen MR) is 173 cm³/mol. The number of nitrogens with two attached hydrogens (primary N) is 1. The standard InChI is InChI=1S/C21H24N2O.C15H24N2.2H2/c24-20-13-7-12-19-18(22-20)14-15-23(19)21(16-8-3-1-4-9-16)17-10-5-2-6-11-17;16-11-5-4-9-15-10-6-12-17(15)13-14-7-2-1-3-8-14;;/h1-6,8-11,18-19,21H,7,12-15H2,(H,22,24);1-3,7-8,15H,4-6,9-13,16H2;2*1H/t;15-;;/m.0../s1. The molecule has 0 aliphatic carbocycles. The zero-order chi connectivity index (χ0) is 28.3. The van der Waals surface area contributed by atoms with Crippen molar-refractivity contribution in [3.8, 4) is 0 Å². The summed E-state index contributed by atoms with van der Waals surface area (Å²) >= 11 is 0. The molecule has 6 rings (SSSR count). The Kier molecular flexibility index (Phi) is 11.0. The van der Waals surface area contributed by atoms with Gasteiger partial charge in [0.1, 0.15) is 0 Å². The van der Waals surface area contributed by atoms with Crippen LogP contribution in [0, 0.1) is 0 Å². The van der Waals surface area contributed by atoms with Crippen LogP contribution in [0.15, 0.2) is 91.0 Å². The van der Waals surface area contributed by atoms with Crippen molar-refractivity contribution in [3.63, 3.8) is 0 Å². The molecule has 1 amide bonds. The van der Waals surface area contributed by atoms with Gasteiger partial charge in [0.15, 0.2) is 0 Å². The number of likely N-dealkylation sites (tertiary alicyclic amines) is 2. The number of hydrogen-bond donors (Lipinski definition) is 2. The third-order valence-electron chi connectivity index (χ3n) is 9.12. The van der Waals surface area contributed by atoms with E-state index < -0.39 is 0 Å². The van der Waals surface area contributed by atoms with Gasteiger partial charge in [-0.25, -0.2) is 0 Å². The summed E-state index contributed by atoms with van der Waals surface area (Å²) in [5.41, 5.74) is 9.67. The van der Waals surface area contributed by atoms with Gasteiger partial charge >= 0.3 is 0 Å². The highest BCUT2D eigenvalue weighted by Crippen LogP contribution is 2.37. The first-order chi connectivity index (χ1) is 20.2. The first-order valence-corrected chi connectivity index (χ1v) is 15.9. The van der Waals surface area contributed by atoms with E-state index >= 15 is 0 Å². The van der Waals surface area contributed by atoms with Crippen LogP contribution in [-0.2, 0) is 11.3 Å². The Morgan fingerprint density at radius 3 is 2.12 bits per heavy atom. The zero-order valence-corrected chi connectivity index (χ0v) is 24.5. The van der Waals surface area contributed by atoms with Crippen molar-refractivity contribution in [1.82, 2.24) is 15.1 Å². The molecule has 3 fully saturated rings. The van der Waals surface area contributed by atoms with Gasteiger partial charge in [0.2, 0.25) is 5.91 Å². The van der Waals surface area contributed by atoms with E-state index in [4.69, 9.17) is 5.73 Å². The van der Waals surface area contributed by atoms with Crippen molar-refractivity contribution in [3.05, 3.63) is 108 Å². The number of hydrogen-bond acceptors (Lipinski definition) is 4. The maximum absolute atomic E-state index is 11.9. The molecule has 0 radical (unpaired) electrons. The van der Waals surface area contributed by atoms with Gasteiger partial charge in [0.25, 0.3) is 0 Å². The number of nitrogens with one attached hydrogen (secondary N) is 1. The summed E-state index contributed by atoms with van der Waals surface area (Å²) < 4.78 is 0. The van der Waals surface area contributed by atoms with Crippen LogP contribution in [0.2, 0.25) is 0 Å². The van der Waals surface area contributed by atoms with E-state index in [2.05, 4.69) is 106 Å². The Labute approximate surface area is 250 Å². The number of rotatable bonds is 9. The Bertz CT molecular complexity index is 1140. The SMILES string of the molecule is NCCCC[C@H]1CCCN1Cc1ccccc1.O=C1CCCC2C(CCN2C(c2ccccc2)c2ccccc2)N1.[HH].[HH]. The third kappa shape index (κ3) is 8.06. The van der Waals surface area contributed by atoms with Gasteiger partial charge in [-0.15, -0.1) is 0 Å². The van der Waals surface area contributed by atoms with Gasteiger partial charge in [-0.2, -0.15) is 0 Å². The first-order valence-electron chi connectivity index (χ1n) is 15.9. The maximum Gasteiger partial charge on any atom is 0.220 e. The van der Waals surface area contributed by atoms with E-state index in [0.29, 0.717) is 18.5 Å². The van der Waals surface area contributed by atoms with Gasteiger partial charge < -0.3 is 11.1 Å². The van der Waals surface area contributed by atoms with Crippen LogP contribution in [-0.4, -0.2) is 53.5 Å².